The number of halogens is 1. The molecule has 1 aromatic heterocycles. The van der Waals surface area contributed by atoms with Crippen LogP contribution in [-0.2, 0) is 9.59 Å². The first-order valence-electron chi connectivity index (χ1n) is 12.5. The minimum Gasteiger partial charge on any atom is -0.353 e. The van der Waals surface area contributed by atoms with Gasteiger partial charge in [0.25, 0.3) is 0 Å². The Balaban J connectivity index is 1.19. The fourth-order valence-electron chi connectivity index (χ4n) is 4.72. The molecule has 0 radical (unpaired) electrons. The van der Waals surface area contributed by atoms with Crippen LogP contribution in [0.5, 0.6) is 0 Å². The van der Waals surface area contributed by atoms with Crippen LogP contribution in [0.4, 0.5) is 5.82 Å². The molecule has 2 saturated carbocycles. The highest BCUT2D eigenvalue weighted by Crippen LogP contribution is 2.33. The summed E-state index contributed by atoms with van der Waals surface area (Å²) in [6.45, 7) is 3.81. The maximum absolute atomic E-state index is 13.1. The van der Waals surface area contributed by atoms with Crippen molar-refractivity contribution >= 4 is 29.2 Å². The van der Waals surface area contributed by atoms with E-state index >= 15 is 0 Å². The predicted molar refractivity (Wildman–Crippen MR) is 133 cm³/mol. The standard InChI is InChI=1S/C26H32ClN5O2/c27-22-8-2-1-7-21(22)23-11-12-24(29-28-23)30-13-4-14-31(16-15-30)25(33)18-32(17-19-9-10-19)26(34)20-5-3-6-20/h1-2,7-8,11-12,19-20H,3-6,9-10,13-18H2. The molecule has 2 aromatic rings. The zero-order valence-electron chi connectivity index (χ0n) is 19.5. The summed E-state index contributed by atoms with van der Waals surface area (Å²) in [7, 11) is 0. The summed E-state index contributed by atoms with van der Waals surface area (Å²) in [5.41, 5.74) is 1.61. The Hall–Kier alpha value is -2.67. The van der Waals surface area contributed by atoms with Crippen LogP contribution in [0, 0.1) is 11.8 Å². The van der Waals surface area contributed by atoms with Gasteiger partial charge in [-0.15, -0.1) is 10.2 Å². The van der Waals surface area contributed by atoms with Gasteiger partial charge in [0.1, 0.15) is 0 Å². The van der Waals surface area contributed by atoms with Gasteiger partial charge in [-0.05, 0) is 56.2 Å². The molecule has 0 unspecified atom stereocenters. The van der Waals surface area contributed by atoms with Gasteiger partial charge in [-0.1, -0.05) is 36.2 Å². The molecule has 7 nitrogen and oxygen atoms in total. The molecule has 2 heterocycles. The SMILES string of the molecule is O=C(CN(CC1CC1)C(=O)C1CCC1)N1CCCN(c2ccc(-c3ccccc3Cl)nn2)CC1. The van der Waals surface area contributed by atoms with Gasteiger partial charge in [0.2, 0.25) is 11.8 Å². The molecule has 0 bridgehead atoms. The Bertz CT molecular complexity index is 1020. The first-order chi connectivity index (χ1) is 16.6. The van der Waals surface area contributed by atoms with E-state index in [1.54, 1.807) is 0 Å². The Labute approximate surface area is 206 Å². The number of rotatable bonds is 7. The molecule has 0 N–H and O–H groups in total. The number of hydrogen-bond acceptors (Lipinski definition) is 5. The summed E-state index contributed by atoms with van der Waals surface area (Å²) in [5.74, 6) is 1.79. The Morgan fingerprint density at radius 2 is 1.76 bits per heavy atom. The van der Waals surface area contributed by atoms with E-state index in [9.17, 15) is 9.59 Å². The minimum atomic E-state index is 0.0651. The normalized spacial score (nSPS) is 18.9. The van der Waals surface area contributed by atoms with Crippen molar-refractivity contribution in [2.45, 2.75) is 38.5 Å². The molecule has 0 spiro atoms. The molecule has 3 fully saturated rings. The van der Waals surface area contributed by atoms with E-state index < -0.39 is 0 Å². The number of hydrogen-bond donors (Lipinski definition) is 0. The van der Waals surface area contributed by atoms with Crippen molar-refractivity contribution in [3.05, 3.63) is 41.4 Å². The molecule has 8 heteroatoms. The third-order valence-electron chi connectivity index (χ3n) is 7.24. The van der Waals surface area contributed by atoms with E-state index in [1.807, 2.05) is 46.2 Å². The molecule has 1 saturated heterocycles. The fourth-order valence-corrected chi connectivity index (χ4v) is 4.96. The molecule has 1 aliphatic heterocycles. The molecule has 5 rings (SSSR count). The summed E-state index contributed by atoms with van der Waals surface area (Å²) in [4.78, 5) is 32.0. The number of nitrogens with zero attached hydrogens (tertiary/aromatic N) is 5. The summed E-state index contributed by atoms with van der Waals surface area (Å²) in [5, 5.41) is 9.48. The Kier molecular flexibility index (Phi) is 6.99. The fraction of sp³-hybridized carbons (Fsp3) is 0.538. The van der Waals surface area contributed by atoms with Crippen LogP contribution in [0.2, 0.25) is 5.02 Å². The second-order valence-corrected chi connectivity index (χ2v) is 10.2. The lowest BCUT2D eigenvalue weighted by Crippen LogP contribution is -2.47. The van der Waals surface area contributed by atoms with Crippen molar-refractivity contribution in [3.63, 3.8) is 0 Å². The molecular formula is C26H32ClN5O2. The average Bonchev–Trinajstić information content (AvgIpc) is 3.64. The lowest BCUT2D eigenvalue weighted by Gasteiger charge is -2.33. The largest absolute Gasteiger partial charge is 0.353 e. The third-order valence-corrected chi connectivity index (χ3v) is 7.57. The van der Waals surface area contributed by atoms with Crippen molar-refractivity contribution < 1.29 is 9.59 Å². The number of aromatic nitrogens is 2. The first-order valence-corrected chi connectivity index (χ1v) is 12.9. The van der Waals surface area contributed by atoms with E-state index in [-0.39, 0.29) is 24.3 Å². The number of amides is 2. The van der Waals surface area contributed by atoms with Gasteiger partial charge in [-0.25, -0.2) is 0 Å². The topological polar surface area (TPSA) is 69.6 Å². The molecule has 3 aliphatic rings. The maximum atomic E-state index is 13.1. The lowest BCUT2D eigenvalue weighted by atomic mass is 9.84. The lowest BCUT2D eigenvalue weighted by molar-refractivity contribution is -0.144. The van der Waals surface area contributed by atoms with E-state index in [1.165, 1.54) is 12.8 Å². The van der Waals surface area contributed by atoms with Crippen LogP contribution < -0.4 is 4.90 Å². The Morgan fingerprint density at radius 3 is 2.44 bits per heavy atom. The van der Waals surface area contributed by atoms with E-state index in [2.05, 4.69) is 15.1 Å². The van der Waals surface area contributed by atoms with Gasteiger partial charge < -0.3 is 14.7 Å². The van der Waals surface area contributed by atoms with Crippen molar-refractivity contribution in [2.24, 2.45) is 11.8 Å². The molecule has 2 amide bonds. The van der Waals surface area contributed by atoms with Crippen LogP contribution in [0.1, 0.15) is 38.5 Å². The second kappa shape index (κ2) is 10.3. The molecule has 2 aliphatic carbocycles. The van der Waals surface area contributed by atoms with Gasteiger partial charge in [-0.2, -0.15) is 0 Å². The molecular weight excluding hydrogens is 450 g/mol. The van der Waals surface area contributed by atoms with Crippen molar-refractivity contribution in [3.8, 4) is 11.3 Å². The maximum Gasteiger partial charge on any atom is 0.242 e. The minimum absolute atomic E-state index is 0.0651. The summed E-state index contributed by atoms with van der Waals surface area (Å²) >= 11 is 6.29. The predicted octanol–water partition coefficient (Wildman–Crippen LogP) is 3.87. The molecule has 34 heavy (non-hydrogen) atoms. The smallest absolute Gasteiger partial charge is 0.242 e. The summed E-state index contributed by atoms with van der Waals surface area (Å²) in [6.07, 6.45) is 6.30. The van der Waals surface area contributed by atoms with Gasteiger partial charge in [0.15, 0.2) is 5.82 Å². The summed E-state index contributed by atoms with van der Waals surface area (Å²) in [6, 6.07) is 11.5. The van der Waals surface area contributed by atoms with Crippen LogP contribution >= 0.6 is 11.6 Å². The zero-order chi connectivity index (χ0) is 23.5. The quantitative estimate of drug-likeness (QED) is 0.600. The van der Waals surface area contributed by atoms with Crippen molar-refractivity contribution in [1.82, 2.24) is 20.0 Å². The highest BCUT2D eigenvalue weighted by molar-refractivity contribution is 6.33. The van der Waals surface area contributed by atoms with Crippen LogP contribution in [0.3, 0.4) is 0 Å². The van der Waals surface area contributed by atoms with Gasteiger partial charge in [-0.3, -0.25) is 9.59 Å². The summed E-state index contributed by atoms with van der Waals surface area (Å²) < 4.78 is 0. The van der Waals surface area contributed by atoms with Crippen LogP contribution in [0.25, 0.3) is 11.3 Å². The second-order valence-electron chi connectivity index (χ2n) is 9.77. The molecule has 180 valence electrons. The zero-order valence-corrected chi connectivity index (χ0v) is 20.3. The Morgan fingerprint density at radius 1 is 0.941 bits per heavy atom. The van der Waals surface area contributed by atoms with Gasteiger partial charge in [0, 0.05) is 44.2 Å². The highest BCUT2D eigenvalue weighted by Gasteiger charge is 2.34. The molecule has 0 atom stereocenters. The average molecular weight is 482 g/mol. The highest BCUT2D eigenvalue weighted by atomic mass is 35.5. The van der Waals surface area contributed by atoms with Gasteiger partial charge >= 0.3 is 0 Å². The molecule has 1 aromatic carbocycles. The van der Waals surface area contributed by atoms with Crippen LogP contribution in [-0.4, -0.2) is 71.1 Å². The number of carbonyl (C=O) groups excluding carboxylic acids is 2. The van der Waals surface area contributed by atoms with Crippen LogP contribution in [0.15, 0.2) is 36.4 Å². The van der Waals surface area contributed by atoms with E-state index in [0.717, 1.165) is 55.8 Å². The van der Waals surface area contributed by atoms with E-state index in [0.29, 0.717) is 30.6 Å². The van der Waals surface area contributed by atoms with E-state index in [4.69, 9.17) is 11.6 Å². The number of anilines is 1. The van der Waals surface area contributed by atoms with Gasteiger partial charge in [0.05, 0.1) is 17.3 Å². The van der Waals surface area contributed by atoms with Crippen molar-refractivity contribution in [2.75, 3.05) is 44.2 Å². The first kappa shape index (κ1) is 23.1. The monoisotopic (exact) mass is 481 g/mol. The number of carbonyl (C=O) groups is 2. The number of benzene rings is 1. The third kappa shape index (κ3) is 5.35. The van der Waals surface area contributed by atoms with Crippen molar-refractivity contribution in [1.29, 1.82) is 0 Å².